The summed E-state index contributed by atoms with van der Waals surface area (Å²) in [5.74, 6) is 0.994. The van der Waals surface area contributed by atoms with Gasteiger partial charge in [0.2, 0.25) is 0 Å². The molecule has 0 radical (unpaired) electrons. The van der Waals surface area contributed by atoms with Gasteiger partial charge in [-0.3, -0.25) is 5.32 Å². The third-order valence-electron chi connectivity index (χ3n) is 4.71. The molecule has 7 nitrogen and oxygen atoms in total. The van der Waals surface area contributed by atoms with Crippen LogP contribution in [0.25, 0.3) is 0 Å². The first-order valence-electron chi connectivity index (χ1n) is 8.71. The molecule has 0 bridgehead atoms. The van der Waals surface area contributed by atoms with Gasteiger partial charge < -0.3 is 5.32 Å². The Hall–Kier alpha value is -1.96. The summed E-state index contributed by atoms with van der Waals surface area (Å²) in [6.45, 7) is 0.678. The van der Waals surface area contributed by atoms with E-state index in [-0.39, 0.29) is 12.1 Å². The van der Waals surface area contributed by atoms with Crippen molar-refractivity contribution in [2.24, 2.45) is 0 Å². The van der Waals surface area contributed by atoms with Crippen molar-refractivity contribution < 1.29 is 4.79 Å². The number of aromatic nitrogens is 4. The van der Waals surface area contributed by atoms with E-state index in [1.807, 2.05) is 4.68 Å². The van der Waals surface area contributed by atoms with Crippen LogP contribution >= 0.6 is 11.3 Å². The van der Waals surface area contributed by atoms with Crippen LogP contribution in [0.3, 0.4) is 0 Å². The predicted molar refractivity (Wildman–Crippen MR) is 92.3 cm³/mol. The summed E-state index contributed by atoms with van der Waals surface area (Å²) in [6, 6.07) is -0.0922. The lowest BCUT2D eigenvalue weighted by Gasteiger charge is -2.23. The fourth-order valence-electron chi connectivity index (χ4n) is 3.43. The third kappa shape index (κ3) is 3.43. The summed E-state index contributed by atoms with van der Waals surface area (Å²) in [6.07, 6.45) is 10.4. The lowest BCUT2D eigenvalue weighted by molar-refractivity contribution is 0.243. The highest BCUT2D eigenvalue weighted by atomic mass is 32.1. The number of nitrogens with zero attached hydrogens (tertiary/aromatic N) is 4. The van der Waals surface area contributed by atoms with Gasteiger partial charge in [-0.2, -0.15) is 5.10 Å². The highest BCUT2D eigenvalue weighted by molar-refractivity contribution is 7.15. The number of hydrogen-bond acceptors (Lipinski definition) is 5. The molecule has 0 saturated carbocycles. The fraction of sp³-hybridized carbons (Fsp3) is 0.625. The van der Waals surface area contributed by atoms with E-state index in [1.165, 1.54) is 36.3 Å². The normalized spacial score (nSPS) is 20.4. The van der Waals surface area contributed by atoms with Gasteiger partial charge in [-0.05, 0) is 32.1 Å². The van der Waals surface area contributed by atoms with Crippen LogP contribution in [0, 0.1) is 0 Å². The number of thiazole rings is 1. The van der Waals surface area contributed by atoms with Gasteiger partial charge in [-0.1, -0.05) is 12.8 Å². The van der Waals surface area contributed by atoms with Crippen molar-refractivity contribution in [3.05, 3.63) is 22.7 Å². The van der Waals surface area contributed by atoms with Gasteiger partial charge in [-0.25, -0.2) is 19.4 Å². The first-order chi connectivity index (χ1) is 11.8. The van der Waals surface area contributed by atoms with Crippen LogP contribution in [0.4, 0.5) is 9.93 Å². The predicted octanol–water partition coefficient (Wildman–Crippen LogP) is 2.53. The maximum Gasteiger partial charge on any atom is 0.321 e. The zero-order valence-electron chi connectivity index (χ0n) is 13.6. The Morgan fingerprint density at radius 3 is 3.00 bits per heavy atom. The van der Waals surface area contributed by atoms with Crippen LogP contribution in [0.15, 0.2) is 6.33 Å². The quantitative estimate of drug-likeness (QED) is 0.875. The van der Waals surface area contributed by atoms with Gasteiger partial charge in [0.1, 0.15) is 12.2 Å². The van der Waals surface area contributed by atoms with Crippen LogP contribution in [0.1, 0.15) is 48.5 Å². The van der Waals surface area contributed by atoms with Gasteiger partial charge >= 0.3 is 6.03 Å². The average molecular weight is 346 g/mol. The molecule has 0 aromatic carbocycles. The number of fused-ring (bicyclic) bond motifs is 2. The van der Waals surface area contributed by atoms with Crippen molar-refractivity contribution in [3.63, 3.8) is 0 Å². The summed E-state index contributed by atoms with van der Waals surface area (Å²) < 4.78 is 1.86. The Labute approximate surface area is 144 Å². The van der Waals surface area contributed by atoms with E-state index in [4.69, 9.17) is 0 Å². The van der Waals surface area contributed by atoms with Crippen molar-refractivity contribution in [3.8, 4) is 0 Å². The lowest BCUT2D eigenvalue weighted by atomic mass is 10.0. The second-order valence-corrected chi connectivity index (χ2v) is 7.58. The van der Waals surface area contributed by atoms with E-state index in [1.54, 1.807) is 17.7 Å². The molecule has 2 aromatic rings. The molecule has 128 valence electrons. The molecule has 2 aliphatic rings. The molecule has 1 atom stereocenters. The van der Waals surface area contributed by atoms with E-state index >= 15 is 0 Å². The van der Waals surface area contributed by atoms with Crippen LogP contribution in [-0.4, -0.2) is 31.8 Å². The molecule has 4 rings (SSSR count). The number of amides is 2. The molecule has 2 amide bonds. The van der Waals surface area contributed by atoms with Gasteiger partial charge in [0.25, 0.3) is 0 Å². The zero-order valence-corrected chi connectivity index (χ0v) is 14.4. The SMILES string of the molecule is O=C(Nc1nc2c(s1)CCCCCC2)NC1CCc2ncnn2C1. The molecule has 1 unspecified atom stereocenters. The number of urea groups is 1. The van der Waals surface area contributed by atoms with Crippen molar-refractivity contribution in [1.82, 2.24) is 25.1 Å². The maximum absolute atomic E-state index is 12.3. The highest BCUT2D eigenvalue weighted by Crippen LogP contribution is 2.28. The highest BCUT2D eigenvalue weighted by Gasteiger charge is 2.22. The van der Waals surface area contributed by atoms with Crippen molar-refractivity contribution in [2.45, 2.75) is 64.0 Å². The first-order valence-corrected chi connectivity index (χ1v) is 9.52. The van der Waals surface area contributed by atoms with E-state index in [9.17, 15) is 4.79 Å². The van der Waals surface area contributed by atoms with Crippen molar-refractivity contribution >= 4 is 22.5 Å². The molecule has 3 heterocycles. The maximum atomic E-state index is 12.3. The van der Waals surface area contributed by atoms with E-state index in [0.29, 0.717) is 6.54 Å². The van der Waals surface area contributed by atoms with Crippen LogP contribution in [0.5, 0.6) is 0 Å². The minimum Gasteiger partial charge on any atom is -0.333 e. The molecule has 1 aliphatic carbocycles. The van der Waals surface area contributed by atoms with E-state index < -0.39 is 0 Å². The smallest absolute Gasteiger partial charge is 0.321 e. The summed E-state index contributed by atoms with van der Waals surface area (Å²) in [7, 11) is 0. The van der Waals surface area contributed by atoms with Gasteiger partial charge in [0, 0.05) is 11.3 Å². The number of anilines is 1. The molecule has 0 saturated heterocycles. The molecule has 2 N–H and O–H groups in total. The second kappa shape index (κ2) is 6.88. The minimum atomic E-state index is -0.176. The number of hydrogen-bond donors (Lipinski definition) is 2. The van der Waals surface area contributed by atoms with Crippen LogP contribution in [0.2, 0.25) is 0 Å². The van der Waals surface area contributed by atoms with Crippen LogP contribution in [-0.2, 0) is 25.8 Å². The Balaban J connectivity index is 1.35. The number of aryl methyl sites for hydroxylation is 3. The number of rotatable bonds is 2. The molecule has 8 heteroatoms. The fourth-order valence-corrected chi connectivity index (χ4v) is 4.48. The number of carbonyl (C=O) groups is 1. The standard InChI is InChI=1S/C16H22N6OS/c23-15(19-11-7-8-14-17-10-18-22(14)9-11)21-16-20-12-5-3-1-2-4-6-13(12)24-16/h10-11H,1-9H2,(H2,19,20,21,23). The summed E-state index contributed by atoms with van der Waals surface area (Å²) >= 11 is 1.63. The molecule has 0 fully saturated rings. The number of carbonyl (C=O) groups excluding carboxylic acids is 1. The van der Waals surface area contributed by atoms with Crippen molar-refractivity contribution in [1.29, 1.82) is 0 Å². The summed E-state index contributed by atoms with van der Waals surface area (Å²) in [5, 5.41) is 10.9. The molecule has 1 aliphatic heterocycles. The first kappa shape index (κ1) is 15.6. The van der Waals surface area contributed by atoms with E-state index in [2.05, 4.69) is 25.7 Å². The van der Waals surface area contributed by atoms with Crippen LogP contribution < -0.4 is 10.6 Å². The second-order valence-electron chi connectivity index (χ2n) is 6.50. The summed E-state index contributed by atoms with van der Waals surface area (Å²) in [5.41, 5.74) is 1.18. The molecule has 0 spiro atoms. The molecule has 2 aromatic heterocycles. The Kier molecular flexibility index (Phi) is 4.46. The van der Waals surface area contributed by atoms with Crippen molar-refractivity contribution in [2.75, 3.05) is 5.32 Å². The zero-order chi connectivity index (χ0) is 16.4. The Morgan fingerprint density at radius 2 is 2.08 bits per heavy atom. The molecular formula is C16H22N6OS. The Bertz CT molecular complexity index is 698. The topological polar surface area (TPSA) is 84.7 Å². The lowest BCUT2D eigenvalue weighted by Crippen LogP contribution is -2.43. The minimum absolute atomic E-state index is 0.0835. The monoisotopic (exact) mass is 346 g/mol. The average Bonchev–Trinajstić information content (AvgIpc) is 3.14. The number of nitrogens with one attached hydrogen (secondary N) is 2. The molecule has 24 heavy (non-hydrogen) atoms. The van der Waals surface area contributed by atoms with Gasteiger partial charge in [-0.15, -0.1) is 11.3 Å². The summed E-state index contributed by atoms with van der Waals surface area (Å²) in [4.78, 5) is 22.5. The largest absolute Gasteiger partial charge is 0.333 e. The third-order valence-corrected chi connectivity index (χ3v) is 5.78. The Morgan fingerprint density at radius 1 is 1.21 bits per heavy atom. The van der Waals surface area contributed by atoms with E-state index in [0.717, 1.165) is 36.6 Å². The van der Waals surface area contributed by atoms with Gasteiger partial charge in [0.05, 0.1) is 18.3 Å². The molecular weight excluding hydrogens is 324 g/mol. The van der Waals surface area contributed by atoms with Gasteiger partial charge in [0.15, 0.2) is 5.13 Å².